The minimum Gasteiger partial charge on any atom is -0.462 e. The predicted octanol–water partition coefficient (Wildman–Crippen LogP) is 2.64. The summed E-state index contributed by atoms with van der Waals surface area (Å²) >= 11 is 0. The molecule has 0 aromatic heterocycles. The van der Waals surface area contributed by atoms with Crippen molar-refractivity contribution >= 4 is 11.8 Å². The van der Waals surface area contributed by atoms with Gasteiger partial charge in [0.1, 0.15) is 12.2 Å². The summed E-state index contributed by atoms with van der Waals surface area (Å²) in [5.74, 6) is -0.799. The molecule has 0 spiro atoms. The van der Waals surface area contributed by atoms with Crippen LogP contribution in [0.1, 0.15) is 60.3 Å². The quantitative estimate of drug-likeness (QED) is 0.450. The van der Waals surface area contributed by atoms with E-state index in [2.05, 4.69) is 0 Å². The van der Waals surface area contributed by atoms with Gasteiger partial charge in [-0.1, -0.05) is 27.2 Å². The Kier molecular flexibility index (Phi) is 10.0. The molecule has 0 heterocycles. The van der Waals surface area contributed by atoms with Crippen LogP contribution in [0.3, 0.4) is 0 Å². The lowest BCUT2D eigenvalue weighted by molar-refractivity contribution is -0.153. The van der Waals surface area contributed by atoms with Gasteiger partial charge in [-0.2, -0.15) is 0 Å². The Bertz CT molecular complexity index is 412. The summed E-state index contributed by atoms with van der Waals surface area (Å²) in [6, 6.07) is 0. The second-order valence-electron chi connectivity index (χ2n) is 6.61. The number of hydrogen-bond acceptors (Lipinski definition) is 5. The standard InChI is InChI=1S/C18H32O5/c1-6-8-13(2)16(20)15(4)11-18(5,22)12-23-17(21)14(3)9-7-10-19/h11,13-14,19,22H,6-10,12H2,1-5H3/b15-11+/t13-,14?,18+/m1/s1. The molecule has 5 heteroatoms. The molecule has 3 atom stereocenters. The highest BCUT2D eigenvalue weighted by molar-refractivity contribution is 5.96. The van der Waals surface area contributed by atoms with Crippen LogP contribution >= 0.6 is 0 Å². The molecule has 0 fully saturated rings. The Labute approximate surface area is 139 Å². The molecule has 0 aliphatic rings. The maximum absolute atomic E-state index is 12.2. The average Bonchev–Trinajstić information content (AvgIpc) is 2.49. The number of allylic oxidation sites excluding steroid dienone is 1. The SMILES string of the molecule is CCC[C@@H](C)C(=O)/C(C)=C/[C@](C)(O)COC(=O)C(C)CCCO. The molecule has 0 rings (SSSR count). The van der Waals surface area contributed by atoms with Crippen LogP contribution in [0.2, 0.25) is 0 Å². The monoisotopic (exact) mass is 328 g/mol. The molecule has 0 aromatic rings. The van der Waals surface area contributed by atoms with Crippen molar-refractivity contribution in [3.05, 3.63) is 11.6 Å². The van der Waals surface area contributed by atoms with Crippen molar-refractivity contribution in [2.24, 2.45) is 11.8 Å². The van der Waals surface area contributed by atoms with Gasteiger partial charge in [0.25, 0.3) is 0 Å². The van der Waals surface area contributed by atoms with Gasteiger partial charge in [0.15, 0.2) is 5.78 Å². The topological polar surface area (TPSA) is 83.8 Å². The minimum absolute atomic E-state index is 0.00904. The summed E-state index contributed by atoms with van der Waals surface area (Å²) in [6.45, 7) is 8.66. The third kappa shape index (κ3) is 8.86. The van der Waals surface area contributed by atoms with Crippen LogP contribution in [-0.4, -0.2) is 40.8 Å². The van der Waals surface area contributed by atoms with Crippen molar-refractivity contribution in [3.8, 4) is 0 Å². The first-order chi connectivity index (χ1) is 10.6. The van der Waals surface area contributed by atoms with Crippen LogP contribution in [0.25, 0.3) is 0 Å². The molecule has 0 aliphatic carbocycles. The van der Waals surface area contributed by atoms with Crippen LogP contribution in [0.4, 0.5) is 0 Å². The first kappa shape index (κ1) is 21.8. The highest BCUT2D eigenvalue weighted by Crippen LogP contribution is 2.17. The molecule has 0 bridgehead atoms. The second-order valence-corrected chi connectivity index (χ2v) is 6.61. The number of hydrogen-bond donors (Lipinski definition) is 2. The normalized spacial score (nSPS) is 17.3. The summed E-state index contributed by atoms with van der Waals surface area (Å²) < 4.78 is 5.13. The molecule has 1 unspecified atom stereocenters. The predicted molar refractivity (Wildman–Crippen MR) is 89.9 cm³/mol. The van der Waals surface area contributed by atoms with Crippen molar-refractivity contribution in [2.75, 3.05) is 13.2 Å². The summed E-state index contributed by atoms with van der Waals surface area (Å²) in [5.41, 5.74) is -0.891. The van der Waals surface area contributed by atoms with E-state index >= 15 is 0 Å². The van der Waals surface area contributed by atoms with Crippen LogP contribution < -0.4 is 0 Å². The molecule has 0 saturated carbocycles. The third-order valence-corrected chi connectivity index (χ3v) is 3.79. The maximum Gasteiger partial charge on any atom is 0.308 e. The third-order valence-electron chi connectivity index (χ3n) is 3.79. The zero-order valence-corrected chi connectivity index (χ0v) is 15.1. The number of carbonyl (C=O) groups excluding carboxylic acids is 2. The number of carbonyl (C=O) groups is 2. The first-order valence-corrected chi connectivity index (χ1v) is 8.38. The van der Waals surface area contributed by atoms with Gasteiger partial charge in [-0.3, -0.25) is 9.59 Å². The van der Waals surface area contributed by atoms with Gasteiger partial charge in [0.2, 0.25) is 0 Å². The van der Waals surface area contributed by atoms with Crippen molar-refractivity contribution in [3.63, 3.8) is 0 Å². The van der Waals surface area contributed by atoms with E-state index in [0.29, 0.717) is 18.4 Å². The minimum atomic E-state index is -1.38. The first-order valence-electron chi connectivity index (χ1n) is 8.38. The molecular formula is C18H32O5. The highest BCUT2D eigenvalue weighted by atomic mass is 16.5. The number of ether oxygens (including phenoxy) is 1. The summed E-state index contributed by atoms with van der Waals surface area (Å²) in [6.07, 6.45) is 4.28. The summed E-state index contributed by atoms with van der Waals surface area (Å²) in [7, 11) is 0. The van der Waals surface area contributed by atoms with Crippen LogP contribution in [0.15, 0.2) is 11.6 Å². The molecule has 0 aliphatic heterocycles. The van der Waals surface area contributed by atoms with Gasteiger partial charge in [-0.25, -0.2) is 0 Å². The van der Waals surface area contributed by atoms with E-state index in [-0.39, 0.29) is 30.8 Å². The Balaban J connectivity index is 4.59. The van der Waals surface area contributed by atoms with Gasteiger partial charge in [-0.05, 0) is 44.8 Å². The summed E-state index contributed by atoms with van der Waals surface area (Å²) in [5, 5.41) is 19.1. The number of aliphatic hydroxyl groups is 2. The van der Waals surface area contributed by atoms with E-state index < -0.39 is 11.6 Å². The van der Waals surface area contributed by atoms with Gasteiger partial charge < -0.3 is 14.9 Å². The van der Waals surface area contributed by atoms with Crippen molar-refractivity contribution in [2.45, 2.75) is 65.9 Å². The summed E-state index contributed by atoms with van der Waals surface area (Å²) in [4.78, 5) is 24.0. The Morgan fingerprint density at radius 1 is 1.22 bits per heavy atom. The number of Topliss-reactive ketones (excluding diaryl/α,β-unsaturated/α-hetero) is 1. The zero-order valence-electron chi connectivity index (χ0n) is 15.1. The van der Waals surface area contributed by atoms with Gasteiger partial charge in [0, 0.05) is 12.5 Å². The molecule has 23 heavy (non-hydrogen) atoms. The van der Waals surface area contributed by atoms with Crippen molar-refractivity contribution < 1.29 is 24.5 Å². The lowest BCUT2D eigenvalue weighted by Crippen LogP contribution is -2.32. The molecule has 5 nitrogen and oxygen atoms in total. The van der Waals surface area contributed by atoms with E-state index in [1.54, 1.807) is 13.8 Å². The zero-order chi connectivity index (χ0) is 18.0. The Morgan fingerprint density at radius 2 is 1.83 bits per heavy atom. The van der Waals surface area contributed by atoms with Crippen molar-refractivity contribution in [1.29, 1.82) is 0 Å². The van der Waals surface area contributed by atoms with Crippen LogP contribution in [-0.2, 0) is 14.3 Å². The van der Waals surface area contributed by atoms with E-state index in [1.807, 2.05) is 13.8 Å². The molecular weight excluding hydrogens is 296 g/mol. The lowest BCUT2D eigenvalue weighted by atomic mass is 9.93. The molecule has 0 amide bonds. The van der Waals surface area contributed by atoms with Crippen LogP contribution in [0, 0.1) is 11.8 Å². The fourth-order valence-electron chi connectivity index (χ4n) is 2.41. The molecule has 0 aromatic carbocycles. The number of ketones is 1. The fraction of sp³-hybridized carbons (Fsp3) is 0.778. The second kappa shape index (κ2) is 10.6. The molecule has 0 saturated heterocycles. The van der Waals surface area contributed by atoms with Gasteiger partial charge in [-0.15, -0.1) is 0 Å². The molecule has 2 N–H and O–H groups in total. The van der Waals surface area contributed by atoms with E-state index in [9.17, 15) is 14.7 Å². The Morgan fingerprint density at radius 3 is 2.35 bits per heavy atom. The van der Waals surface area contributed by atoms with E-state index in [1.165, 1.54) is 13.0 Å². The van der Waals surface area contributed by atoms with Crippen LogP contribution in [0.5, 0.6) is 0 Å². The fourth-order valence-corrected chi connectivity index (χ4v) is 2.41. The molecule has 0 radical (unpaired) electrons. The average molecular weight is 328 g/mol. The van der Waals surface area contributed by atoms with Gasteiger partial charge >= 0.3 is 5.97 Å². The lowest BCUT2D eigenvalue weighted by Gasteiger charge is -2.22. The molecule has 134 valence electrons. The number of aliphatic hydroxyl groups excluding tert-OH is 1. The maximum atomic E-state index is 12.2. The largest absolute Gasteiger partial charge is 0.462 e. The smallest absolute Gasteiger partial charge is 0.308 e. The number of rotatable bonds is 11. The number of esters is 1. The van der Waals surface area contributed by atoms with E-state index in [0.717, 1.165) is 12.8 Å². The van der Waals surface area contributed by atoms with Gasteiger partial charge in [0.05, 0.1) is 5.92 Å². The van der Waals surface area contributed by atoms with Crippen molar-refractivity contribution in [1.82, 2.24) is 0 Å². The highest BCUT2D eigenvalue weighted by Gasteiger charge is 2.24. The van der Waals surface area contributed by atoms with E-state index in [4.69, 9.17) is 9.84 Å². The Hall–Kier alpha value is -1.20.